The zero-order valence-corrected chi connectivity index (χ0v) is 19.5. The van der Waals surface area contributed by atoms with Gasteiger partial charge in [0.2, 0.25) is 15.9 Å². The number of carbonyl (C=O) groups excluding carboxylic acids is 1. The fraction of sp³-hybridized carbons (Fsp3) is 0.0870. The molecule has 8 nitrogen and oxygen atoms in total. The summed E-state index contributed by atoms with van der Waals surface area (Å²) in [5, 5.41) is 8.32. The Balaban J connectivity index is 1.62. The van der Waals surface area contributed by atoms with E-state index in [0.29, 0.717) is 27.8 Å². The monoisotopic (exact) mass is 498 g/mol. The number of rotatable bonds is 6. The Labute approximate surface area is 198 Å². The Bertz CT molecular complexity index is 1570. The number of sulfonamides is 1. The Morgan fingerprint density at radius 2 is 1.82 bits per heavy atom. The molecule has 1 amide bonds. The van der Waals surface area contributed by atoms with E-state index in [1.165, 1.54) is 34.9 Å². The number of anilines is 1. The molecule has 11 heteroatoms. The number of aryl methyl sites for hydroxylation is 1. The first-order valence-electron chi connectivity index (χ1n) is 9.97. The van der Waals surface area contributed by atoms with Crippen molar-refractivity contribution in [2.24, 2.45) is 5.14 Å². The third-order valence-corrected chi connectivity index (χ3v) is 6.83. The van der Waals surface area contributed by atoms with Crippen LogP contribution in [0.1, 0.15) is 5.56 Å². The molecule has 1 heterocycles. The summed E-state index contributed by atoms with van der Waals surface area (Å²) in [4.78, 5) is 30.2. The summed E-state index contributed by atoms with van der Waals surface area (Å²) in [6, 6.07) is 16.6. The van der Waals surface area contributed by atoms with Gasteiger partial charge in [-0.05, 0) is 61.0 Å². The number of primary sulfonamides is 1. The van der Waals surface area contributed by atoms with Crippen molar-refractivity contribution in [3.05, 3.63) is 88.5 Å². The number of fused-ring (bicyclic) bond motifs is 1. The largest absolute Gasteiger partial charge is 0.325 e. The maximum atomic E-state index is 14.2. The topological polar surface area (TPSA) is 124 Å². The second-order valence-corrected chi connectivity index (χ2v) is 9.90. The lowest BCUT2D eigenvalue weighted by Crippen LogP contribution is -2.23. The number of para-hydroxylation sites is 1. The molecular formula is C23H19FN4O4S2. The summed E-state index contributed by atoms with van der Waals surface area (Å²) in [5.74, 6) is -0.970. The smallest absolute Gasteiger partial charge is 0.266 e. The van der Waals surface area contributed by atoms with Gasteiger partial charge < -0.3 is 5.32 Å². The average Bonchev–Trinajstić information content (AvgIpc) is 2.79. The van der Waals surface area contributed by atoms with Crippen LogP contribution in [0.5, 0.6) is 0 Å². The number of carbonyl (C=O) groups is 1. The first-order valence-corrected chi connectivity index (χ1v) is 12.5. The first kappa shape index (κ1) is 23.6. The number of nitrogens with two attached hydrogens (primary N) is 1. The fourth-order valence-electron chi connectivity index (χ4n) is 3.21. The standard InChI is InChI=1S/C23H19FN4O4S2/c1-14-6-9-16(12-19(14)24)28-22(30)18-4-2-3-5-20(18)27-23(28)33-13-21(29)26-15-7-10-17(11-8-15)34(25,31)32/h2-12H,13H2,1H3,(H,26,29)(H2,25,31,32). The quantitative estimate of drug-likeness (QED) is 0.311. The maximum Gasteiger partial charge on any atom is 0.266 e. The van der Waals surface area contributed by atoms with Crippen molar-refractivity contribution in [2.45, 2.75) is 17.0 Å². The number of hydrogen-bond acceptors (Lipinski definition) is 6. The van der Waals surface area contributed by atoms with Crippen molar-refractivity contribution in [3.8, 4) is 5.69 Å². The minimum atomic E-state index is -3.84. The highest BCUT2D eigenvalue weighted by Crippen LogP contribution is 2.23. The number of nitrogens with one attached hydrogen (secondary N) is 1. The van der Waals surface area contributed by atoms with Gasteiger partial charge in [-0.1, -0.05) is 30.0 Å². The van der Waals surface area contributed by atoms with Gasteiger partial charge >= 0.3 is 0 Å². The van der Waals surface area contributed by atoms with Crippen LogP contribution in [0.15, 0.2) is 81.6 Å². The lowest BCUT2D eigenvalue weighted by molar-refractivity contribution is -0.113. The predicted molar refractivity (Wildman–Crippen MR) is 129 cm³/mol. The molecule has 0 aliphatic carbocycles. The molecule has 0 fully saturated rings. The van der Waals surface area contributed by atoms with Gasteiger partial charge in [-0.15, -0.1) is 0 Å². The van der Waals surface area contributed by atoms with Crippen LogP contribution in [0.2, 0.25) is 0 Å². The van der Waals surface area contributed by atoms with Crippen LogP contribution in [0.25, 0.3) is 16.6 Å². The summed E-state index contributed by atoms with van der Waals surface area (Å²) in [6.07, 6.45) is 0. The van der Waals surface area contributed by atoms with Crippen LogP contribution in [-0.2, 0) is 14.8 Å². The molecule has 0 spiro atoms. The van der Waals surface area contributed by atoms with Crippen molar-refractivity contribution in [3.63, 3.8) is 0 Å². The van der Waals surface area contributed by atoms with Gasteiger partial charge in [-0.3, -0.25) is 14.2 Å². The van der Waals surface area contributed by atoms with E-state index in [4.69, 9.17) is 5.14 Å². The third kappa shape index (κ3) is 5.01. The van der Waals surface area contributed by atoms with Gasteiger partial charge in [0.05, 0.1) is 27.2 Å². The van der Waals surface area contributed by atoms with Crippen molar-refractivity contribution < 1.29 is 17.6 Å². The molecule has 3 aromatic carbocycles. The molecule has 174 valence electrons. The van der Waals surface area contributed by atoms with E-state index in [2.05, 4.69) is 10.3 Å². The lowest BCUT2D eigenvalue weighted by Gasteiger charge is -2.14. The Kier molecular flexibility index (Phi) is 6.51. The Hall–Kier alpha value is -3.54. The van der Waals surface area contributed by atoms with Gasteiger partial charge in [0, 0.05) is 5.69 Å². The van der Waals surface area contributed by atoms with Crippen molar-refractivity contribution in [2.75, 3.05) is 11.1 Å². The van der Waals surface area contributed by atoms with Crippen LogP contribution in [0.3, 0.4) is 0 Å². The molecule has 4 aromatic rings. The number of halogens is 1. The fourth-order valence-corrected chi connectivity index (χ4v) is 4.54. The van der Waals surface area contributed by atoms with Crippen LogP contribution in [0.4, 0.5) is 10.1 Å². The van der Waals surface area contributed by atoms with E-state index >= 15 is 0 Å². The summed E-state index contributed by atoms with van der Waals surface area (Å²) in [5.41, 5.74) is 1.19. The molecule has 0 unspecified atom stereocenters. The zero-order valence-electron chi connectivity index (χ0n) is 17.9. The highest BCUT2D eigenvalue weighted by Gasteiger charge is 2.16. The van der Waals surface area contributed by atoms with Gasteiger partial charge in [-0.25, -0.2) is 22.9 Å². The first-order chi connectivity index (χ1) is 16.1. The van der Waals surface area contributed by atoms with E-state index in [-0.39, 0.29) is 21.4 Å². The summed E-state index contributed by atoms with van der Waals surface area (Å²) in [7, 11) is -3.84. The van der Waals surface area contributed by atoms with Crippen molar-refractivity contribution in [1.29, 1.82) is 0 Å². The molecule has 3 N–H and O–H groups in total. The van der Waals surface area contributed by atoms with Crippen LogP contribution < -0.4 is 16.0 Å². The SMILES string of the molecule is Cc1ccc(-n2c(SCC(=O)Nc3ccc(S(N)(=O)=O)cc3)nc3ccccc3c2=O)cc1F. The molecule has 0 bridgehead atoms. The molecule has 0 aliphatic rings. The Morgan fingerprint density at radius 1 is 1.12 bits per heavy atom. The van der Waals surface area contributed by atoms with Gasteiger partial charge in [0.1, 0.15) is 5.82 Å². The molecule has 1 aromatic heterocycles. The minimum absolute atomic E-state index is 0.0745. The number of benzene rings is 3. The van der Waals surface area contributed by atoms with E-state index in [9.17, 15) is 22.4 Å². The number of aromatic nitrogens is 2. The van der Waals surface area contributed by atoms with Crippen molar-refractivity contribution in [1.82, 2.24) is 9.55 Å². The lowest BCUT2D eigenvalue weighted by atomic mass is 10.2. The molecule has 0 atom stereocenters. The van der Waals surface area contributed by atoms with Gasteiger partial charge in [-0.2, -0.15) is 0 Å². The second kappa shape index (κ2) is 9.37. The molecular weight excluding hydrogens is 479 g/mol. The molecule has 4 rings (SSSR count). The molecule has 0 saturated heterocycles. The predicted octanol–water partition coefficient (Wildman–Crippen LogP) is 3.21. The van der Waals surface area contributed by atoms with E-state index in [0.717, 1.165) is 11.8 Å². The molecule has 0 aliphatic heterocycles. The van der Waals surface area contributed by atoms with E-state index < -0.39 is 21.7 Å². The summed E-state index contributed by atoms with van der Waals surface area (Å²) in [6.45, 7) is 1.62. The maximum absolute atomic E-state index is 14.2. The summed E-state index contributed by atoms with van der Waals surface area (Å²) < 4.78 is 38.3. The highest BCUT2D eigenvalue weighted by atomic mass is 32.2. The number of nitrogens with zero attached hydrogens (tertiary/aromatic N) is 2. The molecule has 0 radical (unpaired) electrons. The minimum Gasteiger partial charge on any atom is -0.325 e. The molecule has 0 saturated carbocycles. The second-order valence-electron chi connectivity index (χ2n) is 7.39. The van der Waals surface area contributed by atoms with E-state index in [1.807, 2.05) is 0 Å². The number of amides is 1. The normalized spacial score (nSPS) is 11.5. The summed E-state index contributed by atoms with van der Waals surface area (Å²) >= 11 is 1.02. The zero-order chi connectivity index (χ0) is 24.5. The molecule has 34 heavy (non-hydrogen) atoms. The van der Waals surface area contributed by atoms with E-state index in [1.54, 1.807) is 43.3 Å². The van der Waals surface area contributed by atoms with Crippen molar-refractivity contribution >= 4 is 44.3 Å². The van der Waals surface area contributed by atoms with Crippen LogP contribution >= 0.6 is 11.8 Å². The Morgan fingerprint density at radius 3 is 2.50 bits per heavy atom. The van der Waals surface area contributed by atoms with Crippen LogP contribution in [-0.4, -0.2) is 29.6 Å². The van der Waals surface area contributed by atoms with Gasteiger partial charge in [0.15, 0.2) is 5.16 Å². The van der Waals surface area contributed by atoms with Gasteiger partial charge in [0.25, 0.3) is 5.56 Å². The number of thioether (sulfide) groups is 1. The average molecular weight is 499 g/mol. The third-order valence-electron chi connectivity index (χ3n) is 4.96. The highest BCUT2D eigenvalue weighted by molar-refractivity contribution is 7.99. The number of hydrogen-bond donors (Lipinski definition) is 2. The van der Waals surface area contributed by atoms with Crippen LogP contribution in [0, 0.1) is 12.7 Å².